The molecule has 1 heterocycles. The van der Waals surface area contributed by atoms with Crippen LogP contribution in [-0.2, 0) is 29.1 Å². The van der Waals surface area contributed by atoms with Gasteiger partial charge in [0.25, 0.3) is 5.91 Å². The summed E-state index contributed by atoms with van der Waals surface area (Å²) in [7, 11) is -4.48. The number of nitrogens with one attached hydrogen (secondary N) is 1. The number of nitrogens with zero attached hydrogens (tertiary/aromatic N) is 1. The number of aliphatic carboxylic acids is 1. The number of rotatable bonds is 11. The third kappa shape index (κ3) is 7.18. The quantitative estimate of drug-likeness (QED) is 0.219. The molecule has 1 saturated carbocycles. The Bertz CT molecular complexity index is 1720. The lowest BCUT2D eigenvalue weighted by Gasteiger charge is -2.48. The molecular formula is C31H28Cl2F4N2O6S. The van der Waals surface area contributed by atoms with Crippen LogP contribution in [0.5, 0.6) is 0 Å². The van der Waals surface area contributed by atoms with Crippen molar-refractivity contribution in [3.05, 3.63) is 105 Å². The fourth-order valence-corrected chi connectivity index (χ4v) is 8.01. The van der Waals surface area contributed by atoms with E-state index in [1.165, 1.54) is 48.5 Å². The lowest BCUT2D eigenvalue weighted by molar-refractivity contribution is -0.192. The summed E-state index contributed by atoms with van der Waals surface area (Å²) in [4.78, 5) is 26.6. The zero-order valence-corrected chi connectivity index (χ0v) is 26.2. The van der Waals surface area contributed by atoms with Crippen molar-refractivity contribution in [1.29, 1.82) is 0 Å². The van der Waals surface area contributed by atoms with Crippen LogP contribution in [0.25, 0.3) is 0 Å². The smallest absolute Gasteiger partial charge is 0.391 e. The van der Waals surface area contributed by atoms with Gasteiger partial charge in [-0.25, -0.2) is 17.5 Å². The number of morpholine rings is 1. The van der Waals surface area contributed by atoms with E-state index < -0.39 is 82.3 Å². The minimum Gasteiger partial charge on any atom is -0.481 e. The Kier molecular flexibility index (Phi) is 9.72. The molecule has 46 heavy (non-hydrogen) atoms. The average molecular weight is 704 g/mol. The zero-order valence-electron chi connectivity index (χ0n) is 23.9. The van der Waals surface area contributed by atoms with Gasteiger partial charge in [-0.2, -0.15) is 13.2 Å². The molecule has 3 aromatic rings. The maximum atomic E-state index is 14.7. The van der Waals surface area contributed by atoms with Crippen LogP contribution in [0.15, 0.2) is 72.8 Å². The molecule has 5 rings (SSSR count). The summed E-state index contributed by atoms with van der Waals surface area (Å²) >= 11 is 12.3. The van der Waals surface area contributed by atoms with Gasteiger partial charge in [-0.1, -0.05) is 65.7 Å². The van der Waals surface area contributed by atoms with Gasteiger partial charge < -0.3 is 14.7 Å². The molecule has 2 N–H and O–H groups in total. The van der Waals surface area contributed by atoms with Crippen molar-refractivity contribution in [2.45, 2.75) is 60.9 Å². The standard InChI is InChI=1S/C31H28Cl2F4N2O6S/c32-20-10-8-18(9-11-20)27-28(19-4-3-5-21(33)14-19)45-25(15-26(40)41)29(42)39(27)22(16-31(35,36)37)17-38-46(43,44)30(12-13-30)23-6-1-2-7-24(23)34/h1-11,14,22,25,27-28,38H,12-13,15-17H2,(H,40,41)/t22-,25-,27-,28-/m1/s1. The van der Waals surface area contributed by atoms with Gasteiger partial charge in [-0.3, -0.25) is 9.59 Å². The van der Waals surface area contributed by atoms with Crippen LogP contribution in [0, 0.1) is 5.82 Å². The fourth-order valence-electron chi connectivity index (χ4n) is 5.91. The monoisotopic (exact) mass is 702 g/mol. The molecule has 1 aliphatic carbocycles. The number of halogens is 6. The molecule has 1 amide bonds. The van der Waals surface area contributed by atoms with Crippen LogP contribution < -0.4 is 4.72 Å². The van der Waals surface area contributed by atoms with E-state index >= 15 is 0 Å². The number of alkyl halides is 3. The second kappa shape index (κ2) is 13.1. The van der Waals surface area contributed by atoms with Crippen LogP contribution in [0.3, 0.4) is 0 Å². The third-order valence-electron chi connectivity index (χ3n) is 8.13. The van der Waals surface area contributed by atoms with Gasteiger partial charge in [0, 0.05) is 22.2 Å². The Morgan fingerprint density at radius 1 is 1.02 bits per heavy atom. The van der Waals surface area contributed by atoms with Gasteiger partial charge in [0.05, 0.1) is 24.9 Å². The Labute approximate surface area is 272 Å². The molecule has 0 bridgehead atoms. The molecule has 0 aromatic heterocycles. The number of hydrogen-bond acceptors (Lipinski definition) is 5. The molecule has 3 aromatic carbocycles. The number of amides is 1. The molecule has 1 saturated heterocycles. The molecule has 0 spiro atoms. The summed E-state index contributed by atoms with van der Waals surface area (Å²) in [6, 6.07) is 14.1. The average Bonchev–Trinajstić information content (AvgIpc) is 3.79. The van der Waals surface area contributed by atoms with E-state index in [-0.39, 0.29) is 29.0 Å². The van der Waals surface area contributed by atoms with Crippen molar-refractivity contribution in [1.82, 2.24) is 9.62 Å². The highest BCUT2D eigenvalue weighted by Crippen LogP contribution is 2.53. The Morgan fingerprint density at radius 3 is 2.28 bits per heavy atom. The highest BCUT2D eigenvalue weighted by Gasteiger charge is 2.58. The van der Waals surface area contributed by atoms with Crippen molar-refractivity contribution in [2.24, 2.45) is 0 Å². The van der Waals surface area contributed by atoms with E-state index in [1.54, 1.807) is 18.2 Å². The summed E-state index contributed by atoms with van der Waals surface area (Å²) in [5.74, 6) is -3.30. The SMILES string of the molecule is O=C(O)C[C@H]1O[C@H](c2cccc(Cl)c2)[C@@H](c2ccc(Cl)cc2)N([C@@H](CNS(=O)(=O)C2(c3ccccc3F)CC2)CC(F)(F)F)C1=O. The molecule has 246 valence electrons. The minimum atomic E-state index is -4.89. The van der Waals surface area contributed by atoms with Crippen LogP contribution >= 0.6 is 23.2 Å². The van der Waals surface area contributed by atoms with Crippen LogP contribution in [-0.4, -0.2) is 55.2 Å². The first-order valence-electron chi connectivity index (χ1n) is 14.1. The van der Waals surface area contributed by atoms with E-state index in [0.29, 0.717) is 10.6 Å². The van der Waals surface area contributed by atoms with E-state index in [4.69, 9.17) is 27.9 Å². The van der Waals surface area contributed by atoms with Gasteiger partial charge >= 0.3 is 12.1 Å². The lowest BCUT2D eigenvalue weighted by atomic mass is 9.89. The second-order valence-corrected chi connectivity index (χ2v) is 14.2. The van der Waals surface area contributed by atoms with E-state index in [9.17, 15) is 40.7 Å². The van der Waals surface area contributed by atoms with E-state index in [2.05, 4.69) is 4.72 Å². The van der Waals surface area contributed by atoms with Gasteiger partial charge in [0.15, 0.2) is 0 Å². The minimum absolute atomic E-state index is 0.0363. The number of benzene rings is 3. The Hall–Kier alpha value is -3.23. The molecule has 2 aliphatic rings. The van der Waals surface area contributed by atoms with Crippen molar-refractivity contribution < 1.29 is 45.4 Å². The number of sulfonamides is 1. The van der Waals surface area contributed by atoms with Gasteiger partial charge in [0.2, 0.25) is 10.0 Å². The lowest BCUT2D eigenvalue weighted by Crippen LogP contribution is -2.58. The predicted octanol–water partition coefficient (Wildman–Crippen LogP) is 6.55. The second-order valence-electron chi connectivity index (χ2n) is 11.2. The normalized spacial score (nSPS) is 22.0. The van der Waals surface area contributed by atoms with Crippen molar-refractivity contribution in [2.75, 3.05) is 6.54 Å². The number of carbonyl (C=O) groups is 2. The van der Waals surface area contributed by atoms with Gasteiger partial charge in [0.1, 0.15) is 22.8 Å². The van der Waals surface area contributed by atoms with E-state index in [0.717, 1.165) is 11.0 Å². The van der Waals surface area contributed by atoms with Crippen molar-refractivity contribution >= 4 is 45.1 Å². The first-order valence-corrected chi connectivity index (χ1v) is 16.4. The largest absolute Gasteiger partial charge is 0.481 e. The number of carboxylic acid groups (broad SMARTS) is 1. The first kappa shape index (κ1) is 34.1. The molecule has 0 unspecified atom stereocenters. The fraction of sp³-hybridized carbons (Fsp3) is 0.355. The molecule has 1 aliphatic heterocycles. The van der Waals surface area contributed by atoms with Gasteiger partial charge in [-0.15, -0.1) is 0 Å². The van der Waals surface area contributed by atoms with Gasteiger partial charge in [-0.05, 0) is 54.3 Å². The first-order chi connectivity index (χ1) is 21.6. The van der Waals surface area contributed by atoms with Crippen molar-refractivity contribution in [3.63, 3.8) is 0 Å². The molecule has 2 fully saturated rings. The van der Waals surface area contributed by atoms with Crippen LogP contribution in [0.1, 0.15) is 54.5 Å². The molecule has 15 heteroatoms. The van der Waals surface area contributed by atoms with Crippen molar-refractivity contribution in [3.8, 4) is 0 Å². The zero-order chi connectivity index (χ0) is 33.4. The molecular weight excluding hydrogens is 675 g/mol. The Balaban J connectivity index is 1.60. The maximum Gasteiger partial charge on any atom is 0.391 e. The topological polar surface area (TPSA) is 113 Å². The summed E-state index contributed by atoms with van der Waals surface area (Å²) in [5.41, 5.74) is 0.513. The number of carbonyl (C=O) groups excluding carboxylic acids is 1. The summed E-state index contributed by atoms with van der Waals surface area (Å²) in [6.07, 6.45) is -10.3. The number of ether oxygens (including phenoxy) is 1. The molecule has 0 radical (unpaired) electrons. The van der Waals surface area contributed by atoms with Crippen LogP contribution in [0.2, 0.25) is 10.0 Å². The Morgan fingerprint density at radius 2 is 1.70 bits per heavy atom. The van der Waals surface area contributed by atoms with Crippen LogP contribution in [0.4, 0.5) is 17.6 Å². The third-order valence-corrected chi connectivity index (χ3v) is 10.8. The summed E-state index contributed by atoms with van der Waals surface area (Å²) in [6.45, 7) is -0.907. The number of hydrogen-bond donors (Lipinski definition) is 2. The highest BCUT2D eigenvalue weighted by atomic mass is 35.5. The number of carboxylic acids is 1. The maximum absolute atomic E-state index is 14.7. The molecule has 8 nitrogen and oxygen atoms in total. The summed E-state index contributed by atoms with van der Waals surface area (Å²) < 4.78 is 91.1. The molecule has 4 atom stereocenters. The van der Waals surface area contributed by atoms with E-state index in [1.807, 2.05) is 0 Å². The highest BCUT2D eigenvalue weighted by molar-refractivity contribution is 7.90. The predicted molar refractivity (Wildman–Crippen MR) is 161 cm³/mol. The summed E-state index contributed by atoms with van der Waals surface area (Å²) in [5, 5.41) is 10.1.